The van der Waals surface area contributed by atoms with Gasteiger partial charge in [-0.15, -0.1) is 35.7 Å². The molecule has 1 aliphatic heterocycles. The summed E-state index contributed by atoms with van der Waals surface area (Å²) in [6.45, 7) is 4.95. The van der Waals surface area contributed by atoms with E-state index >= 15 is 0 Å². The summed E-state index contributed by atoms with van der Waals surface area (Å²) in [6.07, 6.45) is 3.10. The van der Waals surface area contributed by atoms with Crippen molar-refractivity contribution in [3.8, 4) is 0 Å². The normalized spacial score (nSPS) is 17.4. The number of H-pyrrole nitrogens is 1. The highest BCUT2D eigenvalue weighted by molar-refractivity contribution is 14.0. The van der Waals surface area contributed by atoms with E-state index in [4.69, 9.17) is 0 Å². The van der Waals surface area contributed by atoms with E-state index < -0.39 is 0 Å². The third-order valence-electron chi connectivity index (χ3n) is 4.40. The number of aryl methyl sites for hydroxylation is 1. The summed E-state index contributed by atoms with van der Waals surface area (Å²) in [6, 6.07) is 10.6. The molecule has 1 unspecified atom stereocenters. The Morgan fingerprint density at radius 3 is 2.88 bits per heavy atom. The number of halogens is 1. The number of thioether (sulfide) groups is 1. The molecular formula is C18H26IN5S. The Balaban J connectivity index is 0.00000225. The second-order valence-corrected chi connectivity index (χ2v) is 7.24. The van der Waals surface area contributed by atoms with Gasteiger partial charge in [0.1, 0.15) is 0 Å². The van der Waals surface area contributed by atoms with Crippen LogP contribution in [0.1, 0.15) is 17.7 Å². The quantitative estimate of drug-likeness (QED) is 0.303. The Bertz CT molecular complexity index is 673. The van der Waals surface area contributed by atoms with E-state index in [1.54, 1.807) is 0 Å². The molecule has 0 radical (unpaired) electrons. The molecule has 1 aliphatic rings. The Hall–Kier alpha value is -1.22. The molecule has 136 valence electrons. The average molecular weight is 471 g/mol. The monoisotopic (exact) mass is 471 g/mol. The molecule has 0 saturated carbocycles. The zero-order valence-electron chi connectivity index (χ0n) is 14.7. The minimum atomic E-state index is 0. The predicted molar refractivity (Wildman–Crippen MR) is 116 cm³/mol. The smallest absolute Gasteiger partial charge is 0.193 e. The Labute approximate surface area is 171 Å². The van der Waals surface area contributed by atoms with Crippen molar-refractivity contribution in [1.82, 2.24) is 20.4 Å². The topological polar surface area (TPSA) is 56.3 Å². The van der Waals surface area contributed by atoms with E-state index in [0.29, 0.717) is 5.92 Å². The number of nitrogens with zero attached hydrogens (tertiary/aromatic N) is 3. The van der Waals surface area contributed by atoms with Gasteiger partial charge in [-0.3, -0.25) is 10.1 Å². The van der Waals surface area contributed by atoms with Gasteiger partial charge in [0.2, 0.25) is 0 Å². The molecule has 1 atom stereocenters. The van der Waals surface area contributed by atoms with Crippen LogP contribution in [0.15, 0.2) is 46.4 Å². The predicted octanol–water partition coefficient (Wildman–Crippen LogP) is 3.53. The van der Waals surface area contributed by atoms with Crippen molar-refractivity contribution in [2.45, 2.75) is 24.8 Å². The molecule has 0 amide bonds. The molecule has 0 spiro atoms. The fourth-order valence-electron chi connectivity index (χ4n) is 2.95. The van der Waals surface area contributed by atoms with E-state index in [1.807, 2.05) is 31.9 Å². The maximum absolute atomic E-state index is 4.45. The van der Waals surface area contributed by atoms with Crippen molar-refractivity contribution in [3.63, 3.8) is 0 Å². The highest BCUT2D eigenvalue weighted by Crippen LogP contribution is 2.25. The summed E-state index contributed by atoms with van der Waals surface area (Å²) in [5, 5.41) is 10.5. The molecule has 1 saturated heterocycles. The highest BCUT2D eigenvalue weighted by Gasteiger charge is 2.24. The lowest BCUT2D eigenvalue weighted by Crippen LogP contribution is -2.39. The van der Waals surface area contributed by atoms with Crippen LogP contribution < -0.4 is 5.32 Å². The molecule has 2 heterocycles. The van der Waals surface area contributed by atoms with Crippen LogP contribution in [-0.4, -0.2) is 46.9 Å². The van der Waals surface area contributed by atoms with Crippen molar-refractivity contribution in [2.75, 3.05) is 25.9 Å². The highest BCUT2D eigenvalue weighted by atomic mass is 127. The van der Waals surface area contributed by atoms with Crippen molar-refractivity contribution in [3.05, 3.63) is 47.8 Å². The summed E-state index contributed by atoms with van der Waals surface area (Å²) in [5.41, 5.74) is 2.29. The molecule has 25 heavy (non-hydrogen) atoms. The lowest BCUT2D eigenvalue weighted by molar-refractivity contribution is 0.474. The first kappa shape index (κ1) is 20.1. The van der Waals surface area contributed by atoms with Crippen LogP contribution in [0.25, 0.3) is 0 Å². The van der Waals surface area contributed by atoms with Gasteiger partial charge in [0, 0.05) is 48.6 Å². The van der Waals surface area contributed by atoms with E-state index in [-0.39, 0.29) is 24.0 Å². The third kappa shape index (κ3) is 5.64. The first-order valence-electron chi connectivity index (χ1n) is 8.38. The van der Waals surface area contributed by atoms with Crippen molar-refractivity contribution >= 4 is 41.7 Å². The number of aromatic nitrogens is 2. The van der Waals surface area contributed by atoms with Gasteiger partial charge in [-0.05, 0) is 31.4 Å². The van der Waals surface area contributed by atoms with Crippen LogP contribution in [0.3, 0.4) is 0 Å². The Morgan fingerprint density at radius 1 is 1.40 bits per heavy atom. The summed E-state index contributed by atoms with van der Waals surface area (Å²) in [4.78, 5) is 8.17. The number of hydrogen-bond donors (Lipinski definition) is 2. The lowest BCUT2D eigenvalue weighted by atomic mass is 10.2. The minimum absolute atomic E-state index is 0. The fourth-order valence-corrected chi connectivity index (χ4v) is 4.00. The molecule has 7 heteroatoms. The molecule has 2 N–H and O–H groups in total. The Morgan fingerprint density at radius 2 is 2.20 bits per heavy atom. The van der Waals surface area contributed by atoms with Crippen LogP contribution in [0.5, 0.6) is 0 Å². The summed E-state index contributed by atoms with van der Waals surface area (Å²) < 4.78 is 0. The van der Waals surface area contributed by atoms with Crippen LogP contribution in [0, 0.1) is 12.8 Å². The number of hydrogen-bond acceptors (Lipinski definition) is 3. The molecule has 1 aromatic carbocycles. The Kier molecular flexibility index (Phi) is 8.08. The van der Waals surface area contributed by atoms with E-state index in [2.05, 4.69) is 55.7 Å². The van der Waals surface area contributed by atoms with Crippen molar-refractivity contribution < 1.29 is 0 Å². The number of nitrogens with one attached hydrogen (secondary N) is 2. The number of likely N-dealkylation sites (tertiary alicyclic amines) is 1. The van der Waals surface area contributed by atoms with Gasteiger partial charge in [0.15, 0.2) is 5.96 Å². The standard InChI is InChI=1S/C18H25N5S.HI/c1-14-16(11-21-22-14)10-20-18(19-2)23-9-8-15(12-23)13-24-17-6-4-3-5-7-17;/h3-7,11,15H,8-10,12-13H2,1-2H3,(H,19,20)(H,21,22);1H. The maximum Gasteiger partial charge on any atom is 0.193 e. The second-order valence-electron chi connectivity index (χ2n) is 6.15. The molecule has 3 rings (SSSR count). The average Bonchev–Trinajstić information content (AvgIpc) is 3.24. The van der Waals surface area contributed by atoms with Gasteiger partial charge >= 0.3 is 0 Å². The first-order chi connectivity index (χ1) is 11.8. The summed E-state index contributed by atoms with van der Waals surface area (Å²) >= 11 is 1.95. The molecular weight excluding hydrogens is 445 g/mol. The lowest BCUT2D eigenvalue weighted by Gasteiger charge is -2.21. The third-order valence-corrected chi connectivity index (χ3v) is 5.64. The molecule has 1 aromatic heterocycles. The van der Waals surface area contributed by atoms with Crippen LogP contribution in [0.4, 0.5) is 0 Å². The summed E-state index contributed by atoms with van der Waals surface area (Å²) in [7, 11) is 1.86. The van der Waals surface area contributed by atoms with Gasteiger partial charge in [-0.1, -0.05) is 18.2 Å². The van der Waals surface area contributed by atoms with E-state index in [1.165, 1.54) is 22.6 Å². The van der Waals surface area contributed by atoms with Crippen molar-refractivity contribution in [2.24, 2.45) is 10.9 Å². The first-order valence-corrected chi connectivity index (χ1v) is 9.37. The minimum Gasteiger partial charge on any atom is -0.352 e. The molecule has 1 fully saturated rings. The molecule has 2 aromatic rings. The number of benzene rings is 1. The zero-order chi connectivity index (χ0) is 16.8. The second kappa shape index (κ2) is 10.1. The number of rotatable bonds is 5. The van der Waals surface area contributed by atoms with E-state index in [9.17, 15) is 0 Å². The van der Waals surface area contributed by atoms with Crippen LogP contribution in [-0.2, 0) is 6.54 Å². The molecule has 0 aliphatic carbocycles. The maximum atomic E-state index is 4.45. The van der Waals surface area contributed by atoms with Gasteiger partial charge in [-0.25, -0.2) is 0 Å². The number of aromatic amines is 1. The molecule has 5 nitrogen and oxygen atoms in total. The van der Waals surface area contributed by atoms with E-state index in [0.717, 1.165) is 31.3 Å². The van der Waals surface area contributed by atoms with Gasteiger partial charge in [0.05, 0.1) is 6.20 Å². The molecule has 0 bridgehead atoms. The van der Waals surface area contributed by atoms with Gasteiger partial charge < -0.3 is 10.2 Å². The van der Waals surface area contributed by atoms with Crippen molar-refractivity contribution in [1.29, 1.82) is 0 Å². The fraction of sp³-hybridized carbons (Fsp3) is 0.444. The van der Waals surface area contributed by atoms with Gasteiger partial charge in [0.25, 0.3) is 0 Å². The number of aliphatic imine (C=N–C) groups is 1. The largest absolute Gasteiger partial charge is 0.352 e. The van der Waals surface area contributed by atoms with Gasteiger partial charge in [-0.2, -0.15) is 5.10 Å². The SMILES string of the molecule is CN=C(NCc1cn[nH]c1C)N1CCC(CSc2ccccc2)C1.I. The zero-order valence-corrected chi connectivity index (χ0v) is 17.9. The van der Waals surface area contributed by atoms with Crippen LogP contribution >= 0.6 is 35.7 Å². The summed E-state index contributed by atoms with van der Waals surface area (Å²) in [5.74, 6) is 2.87. The van der Waals surface area contributed by atoms with Crippen LogP contribution in [0.2, 0.25) is 0 Å². The number of guanidine groups is 1.